The van der Waals surface area contributed by atoms with E-state index in [1.807, 2.05) is 18.2 Å². The number of para-hydroxylation sites is 2. The third-order valence-corrected chi connectivity index (χ3v) is 6.95. The summed E-state index contributed by atoms with van der Waals surface area (Å²) in [6.45, 7) is 4.35. The molecule has 1 N–H and O–H groups in total. The summed E-state index contributed by atoms with van der Waals surface area (Å²) < 4.78 is 0. The first-order valence-electron chi connectivity index (χ1n) is 11.4. The van der Waals surface area contributed by atoms with Crippen molar-refractivity contribution in [1.29, 1.82) is 0 Å². The van der Waals surface area contributed by atoms with Gasteiger partial charge in [0, 0.05) is 12.1 Å². The van der Waals surface area contributed by atoms with Crippen molar-refractivity contribution in [3.8, 4) is 0 Å². The zero-order chi connectivity index (χ0) is 21.9. The molecule has 0 radical (unpaired) electrons. The summed E-state index contributed by atoms with van der Waals surface area (Å²) in [5.74, 6) is 0.00644. The predicted octanol–water partition coefficient (Wildman–Crippen LogP) is 7.24. The van der Waals surface area contributed by atoms with Gasteiger partial charge in [0.05, 0.1) is 23.3 Å². The van der Waals surface area contributed by atoms with Crippen molar-refractivity contribution in [2.45, 2.75) is 32.7 Å². The molecular weight excluding hydrogens is 392 g/mol. The minimum absolute atomic E-state index is 0.0723. The highest BCUT2D eigenvalue weighted by Crippen LogP contribution is 2.47. The van der Waals surface area contributed by atoms with E-state index in [-0.39, 0.29) is 23.2 Å². The molecule has 0 aromatic heterocycles. The minimum atomic E-state index is -0.273. The second-order valence-corrected chi connectivity index (χ2v) is 9.94. The zero-order valence-corrected chi connectivity index (χ0v) is 18.4. The van der Waals surface area contributed by atoms with Crippen LogP contribution in [0.4, 0.5) is 11.4 Å². The van der Waals surface area contributed by atoms with E-state index in [1.165, 1.54) is 27.1 Å². The van der Waals surface area contributed by atoms with E-state index >= 15 is 0 Å². The molecule has 0 unspecified atom stereocenters. The number of fused-ring (bicyclic) bond motifs is 4. The van der Waals surface area contributed by atoms with Crippen LogP contribution in [0.1, 0.15) is 38.3 Å². The highest BCUT2D eigenvalue weighted by Gasteiger charge is 2.44. The summed E-state index contributed by atoms with van der Waals surface area (Å²) in [6, 6.07) is 27.3. The molecule has 1 fully saturated rings. The van der Waals surface area contributed by atoms with Crippen molar-refractivity contribution in [2.24, 2.45) is 16.3 Å². The molecular formula is C29H26N2O. The molecule has 3 nitrogen and oxygen atoms in total. The smallest absolute Gasteiger partial charge is 0.144 e. The molecule has 0 saturated heterocycles. The lowest BCUT2D eigenvalue weighted by molar-refractivity contribution is -0.124. The van der Waals surface area contributed by atoms with Gasteiger partial charge < -0.3 is 5.32 Å². The predicted molar refractivity (Wildman–Crippen MR) is 133 cm³/mol. The Balaban J connectivity index is 1.67. The number of rotatable bonds is 1. The third-order valence-electron chi connectivity index (χ3n) is 6.95. The maximum atomic E-state index is 13.7. The van der Waals surface area contributed by atoms with Crippen LogP contribution >= 0.6 is 0 Å². The monoisotopic (exact) mass is 418 g/mol. The van der Waals surface area contributed by atoms with Crippen LogP contribution in [0.15, 0.2) is 83.9 Å². The number of benzene rings is 4. The lowest BCUT2D eigenvalue weighted by Crippen LogP contribution is -2.42. The lowest BCUT2D eigenvalue weighted by Gasteiger charge is -2.38. The van der Waals surface area contributed by atoms with Crippen LogP contribution in [0.25, 0.3) is 21.5 Å². The first-order chi connectivity index (χ1) is 15.5. The van der Waals surface area contributed by atoms with Gasteiger partial charge in [0.1, 0.15) is 5.78 Å². The number of hydrogen-bond acceptors (Lipinski definition) is 3. The molecule has 0 bridgehead atoms. The van der Waals surface area contributed by atoms with Crippen LogP contribution in [-0.4, -0.2) is 11.5 Å². The maximum Gasteiger partial charge on any atom is 0.144 e. The summed E-state index contributed by atoms with van der Waals surface area (Å²) in [5.41, 5.74) is 4.04. The number of Topliss-reactive ketones (excluding diaryl/α,β-unsaturated/α-hetero) is 1. The molecule has 6 rings (SSSR count). The Morgan fingerprint density at radius 3 is 2.19 bits per heavy atom. The topological polar surface area (TPSA) is 41.5 Å². The number of carbonyl (C=O) groups is 1. The van der Waals surface area contributed by atoms with Crippen LogP contribution in [-0.2, 0) is 4.79 Å². The number of anilines is 1. The Bertz CT molecular complexity index is 1360. The molecule has 32 heavy (non-hydrogen) atoms. The fraction of sp³-hybridized carbons (Fsp3) is 0.241. The Labute approximate surface area is 188 Å². The highest BCUT2D eigenvalue weighted by atomic mass is 16.1. The Morgan fingerprint density at radius 2 is 1.47 bits per heavy atom. The van der Waals surface area contributed by atoms with Crippen molar-refractivity contribution in [3.63, 3.8) is 0 Å². The Kier molecular flexibility index (Phi) is 4.23. The molecule has 3 heteroatoms. The Hall–Kier alpha value is -3.46. The van der Waals surface area contributed by atoms with Gasteiger partial charge in [0.2, 0.25) is 0 Å². The average Bonchev–Trinajstić information content (AvgIpc) is 2.93. The van der Waals surface area contributed by atoms with Gasteiger partial charge in [-0.2, -0.15) is 0 Å². The van der Waals surface area contributed by atoms with Crippen LogP contribution < -0.4 is 5.32 Å². The molecule has 158 valence electrons. The molecule has 2 aliphatic rings. The molecule has 1 aliphatic carbocycles. The summed E-state index contributed by atoms with van der Waals surface area (Å²) in [4.78, 5) is 18.8. The summed E-state index contributed by atoms with van der Waals surface area (Å²) >= 11 is 0. The first kappa shape index (κ1) is 19.2. The number of carbonyl (C=O) groups excluding carboxylic acids is 1. The van der Waals surface area contributed by atoms with E-state index in [2.05, 4.69) is 79.8 Å². The van der Waals surface area contributed by atoms with Crippen molar-refractivity contribution in [2.75, 3.05) is 5.32 Å². The molecule has 1 heterocycles. The van der Waals surface area contributed by atoms with Gasteiger partial charge in [-0.1, -0.05) is 74.5 Å². The molecule has 1 saturated carbocycles. The lowest BCUT2D eigenvalue weighted by atomic mass is 9.67. The van der Waals surface area contributed by atoms with Crippen molar-refractivity contribution in [3.05, 3.63) is 84.4 Å². The standard InChI is InChI=1S/C29H26N2O/c1-29(2)16-24-27(25(32)17-29)28(31-23-14-8-7-13-22(23)30-24)26-20-11-5-3-9-18(20)15-19-10-4-6-12-21(19)26/h3-15,27-28,31H,16-17H2,1-2H3/t27-,28-/m1/s1. The van der Waals surface area contributed by atoms with Gasteiger partial charge in [0.25, 0.3) is 0 Å². The minimum Gasteiger partial charge on any atom is -0.375 e. The van der Waals surface area contributed by atoms with E-state index < -0.39 is 0 Å². The summed E-state index contributed by atoms with van der Waals surface area (Å²) in [6.07, 6.45) is 1.41. The van der Waals surface area contributed by atoms with Crippen LogP contribution in [0, 0.1) is 11.3 Å². The van der Waals surface area contributed by atoms with Crippen molar-refractivity contribution in [1.82, 2.24) is 0 Å². The van der Waals surface area contributed by atoms with Crippen molar-refractivity contribution >= 4 is 44.4 Å². The van der Waals surface area contributed by atoms with Gasteiger partial charge in [-0.15, -0.1) is 0 Å². The second kappa shape index (κ2) is 7.03. The fourth-order valence-electron chi connectivity index (χ4n) is 5.64. The van der Waals surface area contributed by atoms with Crippen molar-refractivity contribution < 1.29 is 4.79 Å². The number of nitrogens with one attached hydrogen (secondary N) is 1. The van der Waals surface area contributed by atoms with Gasteiger partial charge in [0.15, 0.2) is 0 Å². The molecule has 4 aromatic rings. The number of ketones is 1. The quantitative estimate of drug-likeness (QED) is 0.331. The van der Waals surface area contributed by atoms with Crippen LogP contribution in [0.3, 0.4) is 0 Å². The van der Waals surface area contributed by atoms with Gasteiger partial charge in [-0.3, -0.25) is 9.79 Å². The normalized spacial score (nSPS) is 21.9. The molecule has 2 atom stereocenters. The summed E-state index contributed by atoms with van der Waals surface area (Å²) in [7, 11) is 0. The third kappa shape index (κ3) is 3.03. The van der Waals surface area contributed by atoms with E-state index in [9.17, 15) is 4.79 Å². The number of aliphatic imine (C=N–C) groups is 1. The van der Waals surface area contributed by atoms with Gasteiger partial charge in [-0.25, -0.2) is 0 Å². The van der Waals surface area contributed by atoms with E-state index in [4.69, 9.17) is 4.99 Å². The van der Waals surface area contributed by atoms with Crippen LogP contribution in [0.2, 0.25) is 0 Å². The first-order valence-corrected chi connectivity index (χ1v) is 11.4. The zero-order valence-electron chi connectivity index (χ0n) is 18.4. The molecule has 4 aromatic carbocycles. The second-order valence-electron chi connectivity index (χ2n) is 9.94. The molecule has 0 amide bonds. The molecule has 1 aliphatic heterocycles. The SMILES string of the molecule is CC1(C)CC(=O)[C@H]2C(=Nc3ccccc3N[C@@H]2c2c3ccccc3cc3ccccc23)C1. The van der Waals surface area contributed by atoms with E-state index in [0.29, 0.717) is 6.42 Å². The maximum absolute atomic E-state index is 13.7. The average molecular weight is 419 g/mol. The van der Waals surface area contributed by atoms with E-state index in [0.717, 1.165) is 23.5 Å². The number of hydrogen-bond donors (Lipinski definition) is 1. The largest absolute Gasteiger partial charge is 0.375 e. The number of nitrogens with zero attached hydrogens (tertiary/aromatic N) is 1. The Morgan fingerprint density at radius 1 is 0.844 bits per heavy atom. The van der Waals surface area contributed by atoms with E-state index in [1.54, 1.807) is 0 Å². The van der Waals surface area contributed by atoms with Crippen LogP contribution in [0.5, 0.6) is 0 Å². The molecule has 0 spiro atoms. The van der Waals surface area contributed by atoms with Gasteiger partial charge >= 0.3 is 0 Å². The fourth-order valence-corrected chi connectivity index (χ4v) is 5.64. The van der Waals surface area contributed by atoms with Gasteiger partial charge in [-0.05, 0) is 57.1 Å². The summed E-state index contributed by atoms with van der Waals surface area (Å²) in [5, 5.41) is 8.56. The highest BCUT2D eigenvalue weighted by molar-refractivity contribution is 6.12.